The number of nitrogens with one attached hydrogen (secondary N) is 1. The van der Waals surface area contributed by atoms with Gasteiger partial charge < -0.3 is 15.2 Å². The topological polar surface area (TPSA) is 75.6 Å². The minimum Gasteiger partial charge on any atom is -0.479 e. The van der Waals surface area contributed by atoms with Crippen LogP contribution in [0.1, 0.15) is 51.2 Å². The molecule has 5 heteroatoms. The van der Waals surface area contributed by atoms with Crippen molar-refractivity contribution in [3.8, 4) is 0 Å². The fourth-order valence-electron chi connectivity index (χ4n) is 4.54. The molecule has 26 heavy (non-hydrogen) atoms. The van der Waals surface area contributed by atoms with Crippen LogP contribution < -0.4 is 5.32 Å². The van der Waals surface area contributed by atoms with Crippen molar-refractivity contribution in [2.45, 2.75) is 64.5 Å². The molecule has 0 heterocycles. The molecule has 3 rings (SSSR count). The van der Waals surface area contributed by atoms with Crippen LogP contribution in [0.5, 0.6) is 0 Å². The normalized spacial score (nSPS) is 29.3. The number of amides is 1. The predicted octanol–water partition coefficient (Wildman–Crippen LogP) is 2.96. The average Bonchev–Trinajstić information content (AvgIpc) is 2.60. The van der Waals surface area contributed by atoms with Crippen LogP contribution in [-0.2, 0) is 27.2 Å². The van der Waals surface area contributed by atoms with Crippen LogP contribution in [0.4, 0.5) is 0 Å². The van der Waals surface area contributed by atoms with E-state index in [1.54, 1.807) is 0 Å². The Balaban J connectivity index is 1.65. The third-order valence-electron chi connectivity index (χ3n) is 6.41. The van der Waals surface area contributed by atoms with Gasteiger partial charge in [0, 0.05) is 24.9 Å². The quantitative estimate of drug-likeness (QED) is 0.819. The van der Waals surface area contributed by atoms with Crippen molar-refractivity contribution >= 4 is 11.9 Å². The second-order valence-corrected chi connectivity index (χ2v) is 8.21. The minimum atomic E-state index is -1.24. The molecule has 1 aromatic rings. The first kappa shape index (κ1) is 18.9. The van der Waals surface area contributed by atoms with Crippen molar-refractivity contribution in [1.29, 1.82) is 0 Å². The fraction of sp³-hybridized carbons (Fsp3) is 0.619. The third kappa shape index (κ3) is 3.13. The summed E-state index contributed by atoms with van der Waals surface area (Å²) in [5, 5.41) is 12.7. The Morgan fingerprint density at radius 1 is 1.27 bits per heavy atom. The first-order valence-electron chi connectivity index (χ1n) is 9.53. The van der Waals surface area contributed by atoms with Gasteiger partial charge in [-0.15, -0.1) is 0 Å². The van der Waals surface area contributed by atoms with Crippen LogP contribution in [-0.4, -0.2) is 35.2 Å². The third-order valence-corrected chi connectivity index (χ3v) is 6.41. The van der Waals surface area contributed by atoms with Crippen molar-refractivity contribution < 1.29 is 19.4 Å². The van der Waals surface area contributed by atoms with E-state index in [2.05, 4.69) is 23.5 Å². The molecule has 1 saturated carbocycles. The highest BCUT2D eigenvalue weighted by Gasteiger charge is 2.66. The maximum atomic E-state index is 12.7. The maximum Gasteiger partial charge on any atom is 0.330 e. The highest BCUT2D eigenvalue weighted by Crippen LogP contribution is 2.51. The summed E-state index contributed by atoms with van der Waals surface area (Å²) in [6, 6.07) is 8.36. The number of carbonyl (C=O) groups excluding carboxylic acids is 1. The summed E-state index contributed by atoms with van der Waals surface area (Å²) in [5.74, 6) is -0.873. The zero-order valence-electron chi connectivity index (χ0n) is 15.9. The minimum absolute atomic E-state index is 0.148. The molecule has 0 radical (unpaired) electrons. The summed E-state index contributed by atoms with van der Waals surface area (Å²) in [6.07, 6.45) is 3.38. The van der Waals surface area contributed by atoms with Crippen LogP contribution in [0.2, 0.25) is 0 Å². The number of carboxylic acids is 1. The van der Waals surface area contributed by atoms with Gasteiger partial charge in [-0.25, -0.2) is 4.79 Å². The Morgan fingerprint density at radius 3 is 2.58 bits per heavy atom. The number of aryl methyl sites for hydroxylation is 1. The first-order valence-corrected chi connectivity index (χ1v) is 9.53. The molecule has 1 fully saturated rings. The van der Waals surface area contributed by atoms with Gasteiger partial charge in [0.2, 0.25) is 5.91 Å². The molecule has 3 unspecified atom stereocenters. The molecule has 0 aromatic heterocycles. The zero-order chi connectivity index (χ0) is 18.9. The summed E-state index contributed by atoms with van der Waals surface area (Å²) >= 11 is 0. The van der Waals surface area contributed by atoms with Crippen molar-refractivity contribution in [3.05, 3.63) is 35.4 Å². The lowest BCUT2D eigenvalue weighted by atomic mass is 9.54. The van der Waals surface area contributed by atoms with Crippen molar-refractivity contribution in [1.82, 2.24) is 5.32 Å². The van der Waals surface area contributed by atoms with Crippen molar-refractivity contribution in [2.75, 3.05) is 6.61 Å². The van der Waals surface area contributed by atoms with Gasteiger partial charge >= 0.3 is 5.97 Å². The summed E-state index contributed by atoms with van der Waals surface area (Å²) in [7, 11) is 0. The molecular formula is C21H29NO4. The fourth-order valence-corrected chi connectivity index (χ4v) is 4.54. The number of carbonyl (C=O) groups is 2. The Hall–Kier alpha value is -1.88. The van der Waals surface area contributed by atoms with Gasteiger partial charge in [-0.2, -0.15) is 0 Å². The summed E-state index contributed by atoms with van der Waals surface area (Å²) in [6.45, 7) is 6.17. The molecule has 2 N–H and O–H groups in total. The van der Waals surface area contributed by atoms with Crippen LogP contribution in [0.3, 0.4) is 0 Å². The van der Waals surface area contributed by atoms with Crippen molar-refractivity contribution in [3.63, 3.8) is 0 Å². The van der Waals surface area contributed by atoms with Crippen molar-refractivity contribution in [2.24, 2.45) is 11.3 Å². The molecule has 2 aliphatic carbocycles. The van der Waals surface area contributed by atoms with E-state index < -0.39 is 16.9 Å². The molecule has 1 amide bonds. The van der Waals surface area contributed by atoms with E-state index in [1.807, 2.05) is 26.8 Å². The number of aliphatic carboxylic acids is 1. The molecular weight excluding hydrogens is 330 g/mol. The smallest absolute Gasteiger partial charge is 0.330 e. The Bertz CT molecular complexity index is 699. The number of fused-ring (bicyclic) bond motifs is 1. The zero-order valence-corrected chi connectivity index (χ0v) is 15.9. The van der Waals surface area contributed by atoms with E-state index in [0.29, 0.717) is 19.4 Å². The van der Waals surface area contributed by atoms with Crippen LogP contribution in [0, 0.1) is 11.3 Å². The van der Waals surface area contributed by atoms with E-state index in [4.69, 9.17) is 4.74 Å². The van der Waals surface area contributed by atoms with E-state index >= 15 is 0 Å². The summed E-state index contributed by atoms with van der Waals surface area (Å²) < 4.78 is 5.65. The average molecular weight is 359 g/mol. The Kier molecular flexibility index (Phi) is 5.11. The molecule has 2 aliphatic rings. The largest absolute Gasteiger partial charge is 0.479 e. The molecule has 0 saturated heterocycles. The second kappa shape index (κ2) is 7.03. The van der Waals surface area contributed by atoms with Gasteiger partial charge in [0.25, 0.3) is 0 Å². The summed E-state index contributed by atoms with van der Waals surface area (Å²) in [5.41, 5.74) is 0.802. The van der Waals surface area contributed by atoms with E-state index in [0.717, 1.165) is 19.3 Å². The monoisotopic (exact) mass is 359 g/mol. The van der Waals surface area contributed by atoms with Gasteiger partial charge in [-0.3, -0.25) is 4.79 Å². The number of ether oxygens (including phenoxy) is 1. The Morgan fingerprint density at radius 2 is 1.96 bits per heavy atom. The lowest BCUT2D eigenvalue weighted by Crippen LogP contribution is -2.76. The van der Waals surface area contributed by atoms with Crippen LogP contribution in [0.25, 0.3) is 0 Å². The predicted molar refractivity (Wildman–Crippen MR) is 98.9 cm³/mol. The lowest BCUT2D eigenvalue weighted by molar-refractivity contribution is -0.194. The molecule has 142 valence electrons. The molecule has 1 aromatic carbocycles. The number of hydrogen-bond acceptors (Lipinski definition) is 3. The number of hydrogen-bond donors (Lipinski definition) is 2. The van der Waals surface area contributed by atoms with Gasteiger partial charge in [-0.05, 0) is 43.2 Å². The molecule has 0 spiro atoms. The molecule has 3 atom stereocenters. The molecule has 0 bridgehead atoms. The standard InChI is InChI=1S/C21H29NO4/c1-4-26-17-13-21(19(24)25,20(17,2)3)22-18(23)12-14-9-10-15-7-5-6-8-16(15)11-14/h5-8,14,17H,4,9-13H2,1-3H3,(H,22,23)(H,24,25). The maximum absolute atomic E-state index is 12.7. The molecule has 0 aliphatic heterocycles. The number of carboxylic acid groups (broad SMARTS) is 1. The highest BCUT2D eigenvalue weighted by molar-refractivity contribution is 5.89. The van der Waals surface area contributed by atoms with Gasteiger partial charge in [0.15, 0.2) is 0 Å². The van der Waals surface area contributed by atoms with E-state index in [9.17, 15) is 14.7 Å². The molecule has 5 nitrogen and oxygen atoms in total. The van der Waals surface area contributed by atoms with Gasteiger partial charge in [0.1, 0.15) is 5.54 Å². The van der Waals surface area contributed by atoms with Gasteiger partial charge in [0.05, 0.1) is 6.10 Å². The Labute approximate surface area is 155 Å². The van der Waals surface area contributed by atoms with E-state index in [-0.39, 0.29) is 17.9 Å². The van der Waals surface area contributed by atoms with E-state index in [1.165, 1.54) is 11.1 Å². The van der Waals surface area contributed by atoms with Crippen LogP contribution in [0.15, 0.2) is 24.3 Å². The lowest BCUT2D eigenvalue weighted by Gasteiger charge is -2.58. The number of rotatable bonds is 6. The van der Waals surface area contributed by atoms with Gasteiger partial charge in [-0.1, -0.05) is 38.1 Å². The number of benzene rings is 1. The first-order chi connectivity index (χ1) is 12.3. The second-order valence-electron chi connectivity index (χ2n) is 8.21. The SMILES string of the molecule is CCOC1CC(NC(=O)CC2CCc3ccccc3C2)(C(=O)O)C1(C)C. The summed E-state index contributed by atoms with van der Waals surface area (Å²) in [4.78, 5) is 24.7. The van der Waals surface area contributed by atoms with Crippen LogP contribution >= 0.6 is 0 Å². The highest BCUT2D eigenvalue weighted by atomic mass is 16.5.